The average Bonchev–Trinajstić information content (AvgIpc) is 2.46. The maximum atomic E-state index is 13.5. The minimum absolute atomic E-state index is 0.0648. The first kappa shape index (κ1) is 10.1. The van der Waals surface area contributed by atoms with E-state index < -0.39 is 11.6 Å². The Bertz CT molecular complexity index is 489. The summed E-state index contributed by atoms with van der Waals surface area (Å²) < 4.78 is 28.1. The van der Waals surface area contributed by atoms with Crippen molar-refractivity contribution < 1.29 is 8.78 Å². The Balaban J connectivity index is 2.58. The number of hydrogen-bond donors (Lipinski definition) is 1. The third-order valence-corrected chi connectivity index (χ3v) is 2.26. The number of nitrogens with two attached hydrogens (primary N) is 1. The Kier molecular flexibility index (Phi) is 2.44. The SMILES string of the molecule is CC(N)Cn1ccc2cc(F)cc(F)c21. The number of aromatic nitrogens is 1. The predicted octanol–water partition coefficient (Wildman–Crippen LogP) is 2.27. The van der Waals surface area contributed by atoms with Crippen molar-refractivity contribution in [1.29, 1.82) is 0 Å². The molecule has 1 unspecified atom stereocenters. The molecule has 0 bridgehead atoms. The van der Waals surface area contributed by atoms with Crippen LogP contribution in [0.4, 0.5) is 8.78 Å². The Morgan fingerprint density at radius 2 is 2.13 bits per heavy atom. The van der Waals surface area contributed by atoms with Crippen molar-refractivity contribution in [2.45, 2.75) is 19.5 Å². The van der Waals surface area contributed by atoms with Crippen LogP contribution in [0.2, 0.25) is 0 Å². The molecule has 0 aliphatic heterocycles. The van der Waals surface area contributed by atoms with Crippen molar-refractivity contribution in [3.8, 4) is 0 Å². The molecule has 1 atom stereocenters. The fraction of sp³-hybridized carbons (Fsp3) is 0.273. The molecule has 0 radical (unpaired) electrons. The van der Waals surface area contributed by atoms with Crippen molar-refractivity contribution in [2.75, 3.05) is 0 Å². The normalized spacial score (nSPS) is 13.3. The predicted molar refractivity (Wildman–Crippen MR) is 55.5 cm³/mol. The van der Waals surface area contributed by atoms with E-state index in [0.29, 0.717) is 17.4 Å². The molecule has 4 heteroatoms. The van der Waals surface area contributed by atoms with Gasteiger partial charge in [-0.1, -0.05) is 0 Å². The molecule has 2 rings (SSSR count). The molecule has 1 aromatic heterocycles. The molecule has 0 aliphatic carbocycles. The Hall–Kier alpha value is -1.42. The lowest BCUT2D eigenvalue weighted by Crippen LogP contribution is -2.21. The minimum Gasteiger partial charge on any atom is -0.344 e. The topological polar surface area (TPSA) is 30.9 Å². The van der Waals surface area contributed by atoms with Gasteiger partial charge in [0.25, 0.3) is 0 Å². The van der Waals surface area contributed by atoms with E-state index in [2.05, 4.69) is 0 Å². The van der Waals surface area contributed by atoms with E-state index in [9.17, 15) is 8.78 Å². The monoisotopic (exact) mass is 210 g/mol. The van der Waals surface area contributed by atoms with E-state index in [1.165, 1.54) is 6.07 Å². The highest BCUT2D eigenvalue weighted by molar-refractivity contribution is 5.80. The van der Waals surface area contributed by atoms with Gasteiger partial charge in [-0.15, -0.1) is 0 Å². The van der Waals surface area contributed by atoms with E-state index >= 15 is 0 Å². The summed E-state index contributed by atoms with van der Waals surface area (Å²) in [6.07, 6.45) is 1.72. The molecule has 2 nitrogen and oxygen atoms in total. The first-order valence-electron chi connectivity index (χ1n) is 4.77. The maximum Gasteiger partial charge on any atom is 0.150 e. The minimum atomic E-state index is -0.557. The lowest BCUT2D eigenvalue weighted by Gasteiger charge is -2.08. The third kappa shape index (κ3) is 1.85. The molecule has 80 valence electrons. The Labute approximate surface area is 86.3 Å². The highest BCUT2D eigenvalue weighted by Crippen LogP contribution is 2.21. The van der Waals surface area contributed by atoms with E-state index in [4.69, 9.17) is 5.73 Å². The summed E-state index contributed by atoms with van der Waals surface area (Å²) >= 11 is 0. The van der Waals surface area contributed by atoms with Crippen LogP contribution in [-0.2, 0) is 6.54 Å². The van der Waals surface area contributed by atoms with Crippen molar-refractivity contribution in [1.82, 2.24) is 4.57 Å². The summed E-state index contributed by atoms with van der Waals surface area (Å²) in [5, 5.41) is 0.563. The first-order chi connectivity index (χ1) is 7.08. The number of nitrogens with zero attached hydrogens (tertiary/aromatic N) is 1. The van der Waals surface area contributed by atoms with Crippen LogP contribution in [0.3, 0.4) is 0 Å². The second-order valence-electron chi connectivity index (χ2n) is 3.77. The van der Waals surface area contributed by atoms with E-state index in [-0.39, 0.29) is 6.04 Å². The van der Waals surface area contributed by atoms with Crippen LogP contribution in [0.1, 0.15) is 6.92 Å². The van der Waals surface area contributed by atoms with Crippen molar-refractivity contribution in [3.05, 3.63) is 36.0 Å². The Morgan fingerprint density at radius 1 is 1.40 bits per heavy atom. The smallest absolute Gasteiger partial charge is 0.150 e. The molecule has 0 saturated carbocycles. The van der Waals surface area contributed by atoms with E-state index in [0.717, 1.165) is 6.07 Å². The number of fused-ring (bicyclic) bond motifs is 1. The van der Waals surface area contributed by atoms with Gasteiger partial charge in [-0.3, -0.25) is 0 Å². The van der Waals surface area contributed by atoms with Gasteiger partial charge in [0, 0.05) is 30.2 Å². The molecular formula is C11H12F2N2. The summed E-state index contributed by atoms with van der Waals surface area (Å²) in [6, 6.07) is 3.82. The van der Waals surface area contributed by atoms with Crippen molar-refractivity contribution >= 4 is 10.9 Å². The molecule has 0 fully saturated rings. The molecule has 15 heavy (non-hydrogen) atoms. The zero-order valence-corrected chi connectivity index (χ0v) is 8.37. The highest BCUT2D eigenvalue weighted by atomic mass is 19.1. The summed E-state index contributed by atoms with van der Waals surface area (Å²) in [4.78, 5) is 0. The average molecular weight is 210 g/mol. The zero-order valence-electron chi connectivity index (χ0n) is 8.37. The van der Waals surface area contributed by atoms with Gasteiger partial charge in [0.05, 0.1) is 5.52 Å². The fourth-order valence-corrected chi connectivity index (χ4v) is 1.72. The Morgan fingerprint density at radius 3 is 2.80 bits per heavy atom. The maximum absolute atomic E-state index is 13.5. The quantitative estimate of drug-likeness (QED) is 0.809. The molecule has 0 amide bonds. The van der Waals surface area contributed by atoms with E-state index in [1.807, 2.05) is 6.92 Å². The largest absolute Gasteiger partial charge is 0.344 e. The zero-order chi connectivity index (χ0) is 11.0. The van der Waals surface area contributed by atoms with Crippen molar-refractivity contribution in [3.63, 3.8) is 0 Å². The number of hydrogen-bond acceptors (Lipinski definition) is 1. The molecule has 1 aromatic carbocycles. The molecular weight excluding hydrogens is 198 g/mol. The van der Waals surface area contributed by atoms with Crippen LogP contribution in [0, 0.1) is 11.6 Å². The van der Waals surface area contributed by atoms with Gasteiger partial charge in [0.1, 0.15) is 11.6 Å². The molecule has 1 heterocycles. The van der Waals surface area contributed by atoms with E-state index in [1.54, 1.807) is 16.8 Å². The molecule has 0 aliphatic rings. The summed E-state index contributed by atoms with van der Waals surface area (Å²) in [7, 11) is 0. The molecule has 2 N–H and O–H groups in total. The van der Waals surface area contributed by atoms with Crippen molar-refractivity contribution in [2.24, 2.45) is 5.73 Å². The number of benzene rings is 1. The fourth-order valence-electron chi connectivity index (χ4n) is 1.72. The standard InChI is InChI=1S/C11H12F2N2/c1-7(14)6-15-3-2-8-4-9(12)5-10(13)11(8)15/h2-5,7H,6,14H2,1H3. The van der Waals surface area contributed by atoms with Crippen LogP contribution in [0.5, 0.6) is 0 Å². The van der Waals surface area contributed by atoms with Crippen LogP contribution in [0.15, 0.2) is 24.4 Å². The van der Waals surface area contributed by atoms with Gasteiger partial charge in [-0.2, -0.15) is 0 Å². The summed E-state index contributed by atoms with van der Waals surface area (Å²) in [5.74, 6) is -1.10. The summed E-state index contributed by atoms with van der Waals surface area (Å²) in [6.45, 7) is 2.36. The lowest BCUT2D eigenvalue weighted by molar-refractivity contribution is 0.570. The van der Waals surface area contributed by atoms with Crippen LogP contribution >= 0.6 is 0 Å². The van der Waals surface area contributed by atoms with Gasteiger partial charge in [-0.25, -0.2) is 8.78 Å². The van der Waals surface area contributed by atoms with Crippen LogP contribution < -0.4 is 5.73 Å². The number of halogens is 2. The molecule has 2 aromatic rings. The molecule has 0 saturated heterocycles. The lowest BCUT2D eigenvalue weighted by atomic mass is 10.2. The third-order valence-electron chi connectivity index (χ3n) is 2.26. The highest BCUT2D eigenvalue weighted by Gasteiger charge is 2.09. The molecule has 0 spiro atoms. The van der Waals surface area contributed by atoms with Gasteiger partial charge in [0.2, 0.25) is 0 Å². The second kappa shape index (κ2) is 3.62. The van der Waals surface area contributed by atoms with Gasteiger partial charge >= 0.3 is 0 Å². The summed E-state index contributed by atoms with van der Waals surface area (Å²) in [5.41, 5.74) is 6.05. The van der Waals surface area contributed by atoms with Gasteiger partial charge < -0.3 is 10.3 Å². The number of rotatable bonds is 2. The van der Waals surface area contributed by atoms with Crippen LogP contribution in [-0.4, -0.2) is 10.6 Å². The van der Waals surface area contributed by atoms with Gasteiger partial charge in [0.15, 0.2) is 0 Å². The first-order valence-corrected chi connectivity index (χ1v) is 4.77. The second-order valence-corrected chi connectivity index (χ2v) is 3.77. The van der Waals surface area contributed by atoms with Crippen LogP contribution in [0.25, 0.3) is 10.9 Å². The van der Waals surface area contributed by atoms with Gasteiger partial charge in [-0.05, 0) is 19.1 Å².